The van der Waals surface area contributed by atoms with Crippen LogP contribution in [0, 0.1) is 12.3 Å². The van der Waals surface area contributed by atoms with Gasteiger partial charge in [-0.15, -0.1) is 0 Å². The van der Waals surface area contributed by atoms with E-state index in [1.165, 1.54) is 23.3 Å². The highest BCUT2D eigenvalue weighted by molar-refractivity contribution is 5.96. The Labute approximate surface area is 194 Å². The minimum Gasteiger partial charge on any atom is -0.382 e. The number of aromatic nitrogens is 3. The number of ether oxygens (including phenoxy) is 1. The first-order valence-electron chi connectivity index (χ1n) is 12.0. The van der Waals surface area contributed by atoms with Crippen molar-refractivity contribution >= 4 is 22.6 Å². The van der Waals surface area contributed by atoms with Crippen molar-refractivity contribution < 1.29 is 9.53 Å². The molecular weight excluding hydrogens is 418 g/mol. The van der Waals surface area contributed by atoms with Crippen molar-refractivity contribution in [3.63, 3.8) is 0 Å². The Hall–Kier alpha value is -3.00. The zero-order valence-electron chi connectivity index (χ0n) is 19.9. The molecule has 178 valence electrons. The summed E-state index contributed by atoms with van der Waals surface area (Å²) < 4.78 is 8.62. The smallest absolute Gasteiger partial charge is 0.267 e. The standard InChI is InChI=1S/C25H35N5O3/c1-4-6-7-8-9-13-27-24(31)19-17-20-23(29(21(19)26)15-11-16-33-5-2)28-22-18(3)12-10-14-30(22)25(20)32/h10,12,14,17,26H,4-9,11,13,15-16H2,1-3H3,(H,27,31). The first kappa shape index (κ1) is 24.6. The summed E-state index contributed by atoms with van der Waals surface area (Å²) in [5, 5.41) is 12.0. The van der Waals surface area contributed by atoms with Crippen LogP contribution in [-0.2, 0) is 11.3 Å². The summed E-state index contributed by atoms with van der Waals surface area (Å²) in [6.45, 7) is 8.14. The number of rotatable bonds is 12. The van der Waals surface area contributed by atoms with Crippen LogP contribution in [0.15, 0.2) is 29.2 Å². The average Bonchev–Trinajstić information content (AvgIpc) is 2.81. The molecule has 0 saturated carbocycles. The lowest BCUT2D eigenvalue weighted by atomic mass is 10.1. The summed E-state index contributed by atoms with van der Waals surface area (Å²) in [5.74, 6) is -0.329. The maximum absolute atomic E-state index is 13.3. The molecule has 8 heteroatoms. The minimum atomic E-state index is -0.329. The number of amides is 1. The van der Waals surface area contributed by atoms with Gasteiger partial charge in [0.2, 0.25) is 0 Å². The second-order valence-electron chi connectivity index (χ2n) is 8.32. The van der Waals surface area contributed by atoms with Gasteiger partial charge in [0.15, 0.2) is 0 Å². The fourth-order valence-corrected chi connectivity index (χ4v) is 3.98. The number of aryl methyl sites for hydroxylation is 2. The van der Waals surface area contributed by atoms with E-state index in [1.54, 1.807) is 16.8 Å². The average molecular weight is 454 g/mol. The van der Waals surface area contributed by atoms with Gasteiger partial charge in [-0.25, -0.2) is 4.98 Å². The van der Waals surface area contributed by atoms with Crippen LogP contribution in [0.25, 0.3) is 16.7 Å². The summed E-state index contributed by atoms with van der Waals surface area (Å²) in [6, 6.07) is 5.22. The first-order valence-corrected chi connectivity index (χ1v) is 12.0. The van der Waals surface area contributed by atoms with Crippen LogP contribution < -0.4 is 16.4 Å². The van der Waals surface area contributed by atoms with E-state index >= 15 is 0 Å². The number of carbonyl (C=O) groups excluding carboxylic acids is 1. The lowest BCUT2D eigenvalue weighted by Crippen LogP contribution is -2.35. The van der Waals surface area contributed by atoms with Crippen molar-refractivity contribution in [1.29, 1.82) is 5.41 Å². The van der Waals surface area contributed by atoms with Crippen molar-refractivity contribution in [3.8, 4) is 0 Å². The fourth-order valence-electron chi connectivity index (χ4n) is 3.98. The van der Waals surface area contributed by atoms with E-state index < -0.39 is 0 Å². The molecule has 0 radical (unpaired) electrons. The van der Waals surface area contributed by atoms with Crippen LogP contribution in [0.3, 0.4) is 0 Å². The molecule has 0 aliphatic heterocycles. The normalized spacial score (nSPS) is 11.4. The molecule has 0 aromatic carbocycles. The van der Waals surface area contributed by atoms with Crippen LogP contribution >= 0.6 is 0 Å². The third-order valence-electron chi connectivity index (χ3n) is 5.82. The molecule has 2 N–H and O–H groups in total. The van der Waals surface area contributed by atoms with Crippen molar-refractivity contribution in [1.82, 2.24) is 19.3 Å². The van der Waals surface area contributed by atoms with Gasteiger partial charge in [0.05, 0.1) is 10.9 Å². The highest BCUT2D eigenvalue weighted by Gasteiger charge is 2.17. The SMILES string of the molecule is CCCCCCCNC(=O)c1cc2c(=O)n3cccc(C)c3nc2n(CCCOCC)c1=N. The van der Waals surface area contributed by atoms with Crippen molar-refractivity contribution in [3.05, 3.63) is 51.4 Å². The van der Waals surface area contributed by atoms with Crippen molar-refractivity contribution in [2.24, 2.45) is 0 Å². The lowest BCUT2D eigenvalue weighted by Gasteiger charge is -2.15. The number of hydrogen-bond donors (Lipinski definition) is 2. The molecule has 0 aliphatic carbocycles. The van der Waals surface area contributed by atoms with Gasteiger partial charge >= 0.3 is 0 Å². The Morgan fingerprint density at radius 1 is 1.15 bits per heavy atom. The Kier molecular flexibility index (Phi) is 8.77. The van der Waals surface area contributed by atoms with Gasteiger partial charge in [0.25, 0.3) is 11.5 Å². The summed E-state index contributed by atoms with van der Waals surface area (Å²) in [7, 11) is 0. The topological polar surface area (TPSA) is 101 Å². The summed E-state index contributed by atoms with van der Waals surface area (Å²) in [5.41, 5.74) is 1.86. The van der Waals surface area contributed by atoms with Gasteiger partial charge < -0.3 is 14.6 Å². The van der Waals surface area contributed by atoms with Crippen LogP contribution in [0.1, 0.15) is 68.3 Å². The third kappa shape index (κ3) is 5.68. The highest BCUT2D eigenvalue weighted by Crippen LogP contribution is 2.13. The summed E-state index contributed by atoms with van der Waals surface area (Å²) in [6.07, 6.45) is 7.82. The molecular formula is C25H35N5O3. The number of carbonyl (C=O) groups is 1. The number of fused-ring (bicyclic) bond motifs is 2. The molecule has 0 saturated heterocycles. The van der Waals surface area contributed by atoms with E-state index in [-0.39, 0.29) is 22.5 Å². The Morgan fingerprint density at radius 3 is 2.70 bits per heavy atom. The number of unbranched alkanes of at least 4 members (excludes halogenated alkanes) is 4. The molecule has 0 fully saturated rings. The Morgan fingerprint density at radius 2 is 1.94 bits per heavy atom. The molecule has 0 bridgehead atoms. The number of nitrogens with one attached hydrogen (secondary N) is 2. The number of nitrogens with zero attached hydrogens (tertiary/aromatic N) is 3. The quantitative estimate of drug-likeness (QED) is 0.323. The van der Waals surface area contributed by atoms with E-state index in [0.717, 1.165) is 24.8 Å². The van der Waals surface area contributed by atoms with Crippen LogP contribution in [0.4, 0.5) is 0 Å². The van der Waals surface area contributed by atoms with Crippen molar-refractivity contribution in [2.75, 3.05) is 19.8 Å². The van der Waals surface area contributed by atoms with Crippen molar-refractivity contribution in [2.45, 2.75) is 65.8 Å². The summed E-state index contributed by atoms with van der Waals surface area (Å²) >= 11 is 0. The van der Waals surface area contributed by atoms with Gasteiger partial charge in [-0.05, 0) is 44.4 Å². The van der Waals surface area contributed by atoms with E-state index in [1.807, 2.05) is 19.9 Å². The molecule has 1 amide bonds. The van der Waals surface area contributed by atoms with Gasteiger partial charge in [-0.2, -0.15) is 0 Å². The van der Waals surface area contributed by atoms with Gasteiger partial charge in [-0.3, -0.25) is 19.4 Å². The number of hydrogen-bond acceptors (Lipinski definition) is 5. The van der Waals surface area contributed by atoms with Crippen LogP contribution in [0.5, 0.6) is 0 Å². The Balaban J connectivity index is 2.01. The largest absolute Gasteiger partial charge is 0.382 e. The zero-order chi connectivity index (χ0) is 23.8. The molecule has 0 aliphatic rings. The summed E-state index contributed by atoms with van der Waals surface area (Å²) in [4.78, 5) is 31.0. The van der Waals surface area contributed by atoms with Crippen LogP contribution in [0.2, 0.25) is 0 Å². The lowest BCUT2D eigenvalue weighted by molar-refractivity contribution is 0.0950. The first-order chi connectivity index (χ1) is 16.0. The van der Waals surface area contributed by atoms with E-state index in [4.69, 9.17) is 15.1 Å². The second-order valence-corrected chi connectivity index (χ2v) is 8.32. The fraction of sp³-hybridized carbons (Fsp3) is 0.520. The second kappa shape index (κ2) is 11.7. The molecule has 3 aromatic rings. The number of pyridine rings is 2. The maximum atomic E-state index is 13.3. The van der Waals surface area contributed by atoms with E-state index in [0.29, 0.717) is 49.4 Å². The monoisotopic (exact) mass is 453 g/mol. The molecule has 0 atom stereocenters. The zero-order valence-corrected chi connectivity index (χ0v) is 19.9. The highest BCUT2D eigenvalue weighted by atomic mass is 16.5. The molecule has 33 heavy (non-hydrogen) atoms. The van der Waals surface area contributed by atoms with Gasteiger partial charge in [0, 0.05) is 32.5 Å². The third-order valence-corrected chi connectivity index (χ3v) is 5.82. The Bertz CT molecular complexity index is 1230. The molecule has 3 aromatic heterocycles. The molecule has 8 nitrogen and oxygen atoms in total. The van der Waals surface area contributed by atoms with Crippen LogP contribution in [-0.4, -0.2) is 39.6 Å². The molecule has 0 unspecified atom stereocenters. The predicted octanol–water partition coefficient (Wildman–Crippen LogP) is 3.56. The minimum absolute atomic E-state index is 0.0623. The predicted molar refractivity (Wildman–Crippen MR) is 130 cm³/mol. The molecule has 3 heterocycles. The molecule has 3 rings (SSSR count). The van der Waals surface area contributed by atoms with E-state index in [2.05, 4.69) is 12.2 Å². The van der Waals surface area contributed by atoms with E-state index in [9.17, 15) is 9.59 Å². The maximum Gasteiger partial charge on any atom is 0.267 e. The van der Waals surface area contributed by atoms with Gasteiger partial charge in [-0.1, -0.05) is 38.7 Å². The molecule has 0 spiro atoms. The van der Waals surface area contributed by atoms with Gasteiger partial charge in [0.1, 0.15) is 16.8 Å².